The highest BCUT2D eigenvalue weighted by molar-refractivity contribution is 6.00. The number of benzene rings is 2. The van der Waals surface area contributed by atoms with Crippen molar-refractivity contribution in [1.29, 1.82) is 0 Å². The van der Waals surface area contributed by atoms with Gasteiger partial charge in [0.1, 0.15) is 0 Å². The number of carbonyl (C=O) groups is 2. The quantitative estimate of drug-likeness (QED) is 0.625. The Hall–Kier alpha value is -2.42. The van der Waals surface area contributed by atoms with Crippen LogP contribution in [0.2, 0.25) is 0 Å². The van der Waals surface area contributed by atoms with Gasteiger partial charge in [-0.1, -0.05) is 23.8 Å². The fourth-order valence-corrected chi connectivity index (χ4v) is 3.19. The van der Waals surface area contributed by atoms with Crippen molar-refractivity contribution in [3.8, 4) is 0 Å². The molecular formula is C21H22O3. The third-order valence-corrected chi connectivity index (χ3v) is 4.61. The molecule has 0 radical (unpaired) electrons. The maximum atomic E-state index is 12.3. The monoisotopic (exact) mass is 322 g/mol. The van der Waals surface area contributed by atoms with E-state index in [0.717, 1.165) is 30.4 Å². The van der Waals surface area contributed by atoms with E-state index in [1.807, 2.05) is 44.2 Å². The summed E-state index contributed by atoms with van der Waals surface area (Å²) in [6.07, 6.45) is 4.46. The van der Waals surface area contributed by atoms with Gasteiger partial charge in [-0.2, -0.15) is 0 Å². The van der Waals surface area contributed by atoms with E-state index in [1.165, 1.54) is 17.5 Å². The van der Waals surface area contributed by atoms with E-state index in [0.29, 0.717) is 11.1 Å². The first-order chi connectivity index (χ1) is 11.5. The lowest BCUT2D eigenvalue weighted by Gasteiger charge is -2.16. The zero-order valence-electron chi connectivity index (χ0n) is 14.2. The summed E-state index contributed by atoms with van der Waals surface area (Å²) in [5, 5.41) is 0. The standard InChI is InChI=1S/C21H22O3/c1-14-7-8-15(2)19(11-14)20(22)13-24-21(23)18-10-9-16-5-3-4-6-17(16)12-18/h7-12H,3-6,13H2,1-2H3. The van der Waals surface area contributed by atoms with Crippen LogP contribution in [0, 0.1) is 13.8 Å². The van der Waals surface area contributed by atoms with Crippen LogP contribution >= 0.6 is 0 Å². The van der Waals surface area contributed by atoms with Gasteiger partial charge in [-0.3, -0.25) is 4.79 Å². The van der Waals surface area contributed by atoms with Gasteiger partial charge in [0.15, 0.2) is 6.61 Å². The van der Waals surface area contributed by atoms with E-state index in [2.05, 4.69) is 0 Å². The SMILES string of the molecule is Cc1ccc(C)c(C(=O)COC(=O)c2ccc3c(c2)CCCC3)c1. The first-order valence-electron chi connectivity index (χ1n) is 8.44. The van der Waals surface area contributed by atoms with E-state index < -0.39 is 5.97 Å². The third-order valence-electron chi connectivity index (χ3n) is 4.61. The minimum Gasteiger partial charge on any atom is -0.454 e. The molecule has 0 saturated heterocycles. The fourth-order valence-electron chi connectivity index (χ4n) is 3.19. The molecule has 0 bridgehead atoms. The van der Waals surface area contributed by atoms with Crippen molar-refractivity contribution in [1.82, 2.24) is 0 Å². The van der Waals surface area contributed by atoms with Crippen molar-refractivity contribution in [3.05, 3.63) is 69.8 Å². The van der Waals surface area contributed by atoms with Gasteiger partial charge in [0.2, 0.25) is 5.78 Å². The van der Waals surface area contributed by atoms with E-state index in [9.17, 15) is 9.59 Å². The van der Waals surface area contributed by atoms with E-state index in [1.54, 1.807) is 6.07 Å². The highest BCUT2D eigenvalue weighted by Gasteiger charge is 2.16. The van der Waals surface area contributed by atoms with E-state index in [4.69, 9.17) is 4.74 Å². The summed E-state index contributed by atoms with van der Waals surface area (Å²) in [6, 6.07) is 11.4. The van der Waals surface area contributed by atoms with Crippen molar-refractivity contribution >= 4 is 11.8 Å². The molecule has 1 aliphatic rings. The van der Waals surface area contributed by atoms with Crippen LogP contribution in [0.3, 0.4) is 0 Å². The number of hydrogen-bond donors (Lipinski definition) is 0. The molecular weight excluding hydrogens is 300 g/mol. The number of aryl methyl sites for hydroxylation is 4. The topological polar surface area (TPSA) is 43.4 Å². The summed E-state index contributed by atoms with van der Waals surface area (Å²) in [6.45, 7) is 3.60. The minimum atomic E-state index is -0.429. The van der Waals surface area contributed by atoms with Crippen LogP contribution in [-0.4, -0.2) is 18.4 Å². The molecule has 0 fully saturated rings. The second-order valence-corrected chi connectivity index (χ2v) is 6.51. The minimum absolute atomic E-state index is 0.164. The molecule has 0 spiro atoms. The second-order valence-electron chi connectivity index (χ2n) is 6.51. The highest BCUT2D eigenvalue weighted by Crippen LogP contribution is 2.22. The lowest BCUT2D eigenvalue weighted by atomic mass is 9.90. The highest BCUT2D eigenvalue weighted by atomic mass is 16.5. The summed E-state index contributed by atoms with van der Waals surface area (Å²) in [5.41, 5.74) is 5.62. The number of esters is 1. The van der Waals surface area contributed by atoms with Gasteiger partial charge in [0.25, 0.3) is 0 Å². The molecule has 0 aliphatic heterocycles. The van der Waals surface area contributed by atoms with Crippen molar-refractivity contribution < 1.29 is 14.3 Å². The average Bonchev–Trinajstić information content (AvgIpc) is 2.61. The Labute approximate surface area is 142 Å². The molecule has 1 aliphatic carbocycles. The zero-order chi connectivity index (χ0) is 17.1. The average molecular weight is 322 g/mol. The molecule has 0 N–H and O–H groups in total. The first kappa shape index (κ1) is 16.4. The van der Waals surface area contributed by atoms with Crippen LogP contribution in [0.25, 0.3) is 0 Å². The van der Waals surface area contributed by atoms with Crippen molar-refractivity contribution in [2.75, 3.05) is 6.61 Å². The molecule has 0 amide bonds. The smallest absolute Gasteiger partial charge is 0.338 e. The predicted octanol–water partition coefficient (Wildman–Crippen LogP) is 4.22. The normalized spacial score (nSPS) is 13.2. The van der Waals surface area contributed by atoms with Crippen LogP contribution in [0.1, 0.15) is 55.8 Å². The molecule has 0 saturated carbocycles. The molecule has 0 atom stereocenters. The van der Waals surface area contributed by atoms with Gasteiger partial charge in [-0.05, 0) is 74.4 Å². The maximum absolute atomic E-state index is 12.3. The molecule has 0 heterocycles. The predicted molar refractivity (Wildman–Crippen MR) is 93.6 cm³/mol. The molecule has 24 heavy (non-hydrogen) atoms. The summed E-state index contributed by atoms with van der Waals surface area (Å²) >= 11 is 0. The number of fused-ring (bicyclic) bond motifs is 1. The molecule has 3 heteroatoms. The van der Waals surface area contributed by atoms with Crippen LogP contribution in [0.15, 0.2) is 36.4 Å². The van der Waals surface area contributed by atoms with Gasteiger partial charge < -0.3 is 4.74 Å². The Bertz CT molecular complexity index is 790. The largest absolute Gasteiger partial charge is 0.454 e. The number of rotatable bonds is 4. The molecule has 0 aromatic heterocycles. The fraction of sp³-hybridized carbons (Fsp3) is 0.333. The van der Waals surface area contributed by atoms with Crippen molar-refractivity contribution in [2.45, 2.75) is 39.5 Å². The van der Waals surface area contributed by atoms with E-state index in [-0.39, 0.29) is 12.4 Å². The van der Waals surface area contributed by atoms with Crippen LogP contribution in [-0.2, 0) is 17.6 Å². The molecule has 3 nitrogen and oxygen atoms in total. The van der Waals surface area contributed by atoms with Crippen LogP contribution in [0.5, 0.6) is 0 Å². The zero-order valence-corrected chi connectivity index (χ0v) is 14.2. The Balaban J connectivity index is 1.67. The maximum Gasteiger partial charge on any atom is 0.338 e. The van der Waals surface area contributed by atoms with Gasteiger partial charge in [-0.15, -0.1) is 0 Å². The summed E-state index contributed by atoms with van der Waals surface area (Å²) in [5.74, 6) is -0.593. The number of hydrogen-bond acceptors (Lipinski definition) is 3. The summed E-state index contributed by atoms with van der Waals surface area (Å²) < 4.78 is 5.24. The molecule has 0 unspecified atom stereocenters. The second kappa shape index (κ2) is 7.00. The lowest BCUT2D eigenvalue weighted by molar-refractivity contribution is 0.0474. The summed E-state index contributed by atoms with van der Waals surface area (Å²) in [4.78, 5) is 24.6. The number of Topliss-reactive ketones (excluding diaryl/α,β-unsaturated/α-hetero) is 1. The molecule has 2 aromatic carbocycles. The van der Waals surface area contributed by atoms with Crippen molar-refractivity contribution in [2.24, 2.45) is 0 Å². The Morgan fingerprint density at radius 1 is 0.958 bits per heavy atom. The Kier molecular flexibility index (Phi) is 4.79. The summed E-state index contributed by atoms with van der Waals surface area (Å²) in [7, 11) is 0. The Morgan fingerprint density at radius 2 is 1.71 bits per heavy atom. The van der Waals surface area contributed by atoms with Gasteiger partial charge in [-0.25, -0.2) is 4.79 Å². The Morgan fingerprint density at radius 3 is 2.50 bits per heavy atom. The van der Waals surface area contributed by atoms with Gasteiger partial charge in [0, 0.05) is 5.56 Å². The van der Waals surface area contributed by atoms with E-state index >= 15 is 0 Å². The van der Waals surface area contributed by atoms with Crippen molar-refractivity contribution in [3.63, 3.8) is 0 Å². The van der Waals surface area contributed by atoms with Crippen LogP contribution < -0.4 is 0 Å². The number of ketones is 1. The molecule has 124 valence electrons. The molecule has 2 aromatic rings. The van der Waals surface area contributed by atoms with Gasteiger partial charge in [0.05, 0.1) is 5.56 Å². The van der Waals surface area contributed by atoms with Crippen LogP contribution in [0.4, 0.5) is 0 Å². The first-order valence-corrected chi connectivity index (χ1v) is 8.44. The molecule has 3 rings (SSSR count). The third kappa shape index (κ3) is 3.56. The van der Waals surface area contributed by atoms with Gasteiger partial charge >= 0.3 is 5.97 Å². The number of ether oxygens (including phenoxy) is 1. The lowest BCUT2D eigenvalue weighted by Crippen LogP contribution is -2.16. The number of carbonyl (C=O) groups excluding carboxylic acids is 2.